The number of rotatable bonds is 4. The maximum atomic E-state index is 9.86. The van der Waals surface area contributed by atoms with Crippen molar-refractivity contribution < 1.29 is 5.11 Å². The van der Waals surface area contributed by atoms with E-state index in [2.05, 4.69) is 28.8 Å². The number of nitrogens with zero attached hydrogens (tertiary/aromatic N) is 4. The summed E-state index contributed by atoms with van der Waals surface area (Å²) >= 11 is 0. The van der Waals surface area contributed by atoms with Crippen molar-refractivity contribution in [2.45, 2.75) is 45.9 Å². The molecular weight excluding hydrogens is 216 g/mol. The Kier molecular flexibility index (Phi) is 4.12. The molecule has 2 rings (SSSR count). The Balaban J connectivity index is 1.94. The molecule has 0 radical (unpaired) electrons. The Bertz CT molecular complexity index is 352. The Morgan fingerprint density at radius 2 is 2.35 bits per heavy atom. The van der Waals surface area contributed by atoms with Crippen molar-refractivity contribution in [2.24, 2.45) is 5.92 Å². The molecule has 1 aromatic heterocycles. The van der Waals surface area contributed by atoms with Gasteiger partial charge in [0.15, 0.2) is 0 Å². The van der Waals surface area contributed by atoms with Crippen molar-refractivity contribution in [2.75, 3.05) is 13.1 Å². The number of aliphatic hydroxyl groups is 1. The average Bonchev–Trinajstić information content (AvgIpc) is 2.72. The molecule has 0 aliphatic carbocycles. The molecule has 1 fully saturated rings. The fourth-order valence-corrected chi connectivity index (χ4v) is 2.27. The first-order valence-corrected chi connectivity index (χ1v) is 6.47. The summed E-state index contributed by atoms with van der Waals surface area (Å²) in [6.07, 6.45) is 3.54. The number of likely N-dealkylation sites (tertiary alicyclic amines) is 1. The van der Waals surface area contributed by atoms with E-state index in [4.69, 9.17) is 0 Å². The Morgan fingerprint density at radius 1 is 1.53 bits per heavy atom. The first-order chi connectivity index (χ1) is 8.20. The summed E-state index contributed by atoms with van der Waals surface area (Å²) in [4.78, 5) is 6.57. The zero-order valence-electron chi connectivity index (χ0n) is 10.7. The lowest BCUT2D eigenvalue weighted by Crippen LogP contribution is -2.42. The summed E-state index contributed by atoms with van der Waals surface area (Å²) in [6.45, 7) is 7.75. The molecule has 1 aliphatic rings. The zero-order chi connectivity index (χ0) is 12.3. The second kappa shape index (κ2) is 5.60. The van der Waals surface area contributed by atoms with Crippen molar-refractivity contribution in [3.8, 4) is 0 Å². The molecule has 5 heteroatoms. The lowest BCUT2D eigenvalue weighted by Gasteiger charge is -2.33. The van der Waals surface area contributed by atoms with Crippen LogP contribution < -0.4 is 0 Å². The van der Waals surface area contributed by atoms with Crippen LogP contribution in [-0.2, 0) is 13.1 Å². The molecule has 96 valence electrons. The third-order valence-corrected chi connectivity index (χ3v) is 3.50. The number of aromatic nitrogens is 3. The Labute approximate surface area is 102 Å². The fourth-order valence-electron chi connectivity index (χ4n) is 2.27. The van der Waals surface area contributed by atoms with Crippen LogP contribution in [0.4, 0.5) is 0 Å². The van der Waals surface area contributed by atoms with Gasteiger partial charge in [-0.1, -0.05) is 13.8 Å². The highest BCUT2D eigenvalue weighted by Crippen LogP contribution is 2.18. The summed E-state index contributed by atoms with van der Waals surface area (Å²) in [5, 5.41) is 14.1. The molecule has 0 aromatic carbocycles. The van der Waals surface area contributed by atoms with Gasteiger partial charge in [-0.05, 0) is 25.3 Å². The molecule has 0 bridgehead atoms. The SMILES string of the molecule is CCCn1ncnc1CN1CCC(C)C(O)C1. The summed E-state index contributed by atoms with van der Waals surface area (Å²) < 4.78 is 1.96. The maximum absolute atomic E-state index is 9.86. The first kappa shape index (κ1) is 12.5. The monoisotopic (exact) mass is 238 g/mol. The number of hydrogen-bond donors (Lipinski definition) is 1. The number of aliphatic hydroxyl groups excluding tert-OH is 1. The Hall–Kier alpha value is -0.940. The van der Waals surface area contributed by atoms with E-state index in [0.29, 0.717) is 5.92 Å². The lowest BCUT2D eigenvalue weighted by molar-refractivity contribution is 0.0243. The highest BCUT2D eigenvalue weighted by molar-refractivity contribution is 4.87. The van der Waals surface area contributed by atoms with E-state index < -0.39 is 0 Å². The summed E-state index contributed by atoms with van der Waals surface area (Å²) in [6, 6.07) is 0. The lowest BCUT2D eigenvalue weighted by atomic mass is 9.96. The van der Waals surface area contributed by atoms with Crippen molar-refractivity contribution in [1.29, 1.82) is 0 Å². The molecular formula is C12H22N4O. The van der Waals surface area contributed by atoms with Crippen LogP contribution in [0.3, 0.4) is 0 Å². The predicted octanol–water partition coefficient (Wildman–Crippen LogP) is 0.891. The van der Waals surface area contributed by atoms with Crippen LogP contribution in [0.2, 0.25) is 0 Å². The number of aryl methyl sites for hydroxylation is 1. The molecule has 1 aromatic rings. The van der Waals surface area contributed by atoms with Crippen LogP contribution in [0, 0.1) is 5.92 Å². The van der Waals surface area contributed by atoms with E-state index in [1.165, 1.54) is 0 Å². The highest BCUT2D eigenvalue weighted by atomic mass is 16.3. The maximum Gasteiger partial charge on any atom is 0.141 e. The highest BCUT2D eigenvalue weighted by Gasteiger charge is 2.24. The molecule has 1 N–H and O–H groups in total. The van der Waals surface area contributed by atoms with Gasteiger partial charge in [-0.2, -0.15) is 5.10 Å². The van der Waals surface area contributed by atoms with Crippen molar-refractivity contribution >= 4 is 0 Å². The molecule has 2 heterocycles. The molecule has 5 nitrogen and oxygen atoms in total. The molecule has 2 unspecified atom stereocenters. The van der Waals surface area contributed by atoms with Crippen LogP contribution >= 0.6 is 0 Å². The van der Waals surface area contributed by atoms with Gasteiger partial charge in [0.25, 0.3) is 0 Å². The van der Waals surface area contributed by atoms with E-state index in [9.17, 15) is 5.11 Å². The fraction of sp³-hybridized carbons (Fsp3) is 0.833. The van der Waals surface area contributed by atoms with Gasteiger partial charge in [0.1, 0.15) is 12.2 Å². The molecule has 1 aliphatic heterocycles. The molecule has 0 saturated carbocycles. The summed E-state index contributed by atoms with van der Waals surface area (Å²) in [7, 11) is 0. The van der Waals surface area contributed by atoms with Crippen molar-refractivity contribution in [3.05, 3.63) is 12.2 Å². The zero-order valence-corrected chi connectivity index (χ0v) is 10.7. The largest absolute Gasteiger partial charge is 0.392 e. The van der Waals surface area contributed by atoms with Gasteiger partial charge in [0, 0.05) is 13.1 Å². The van der Waals surface area contributed by atoms with Crippen LogP contribution in [0.25, 0.3) is 0 Å². The van der Waals surface area contributed by atoms with Crippen molar-refractivity contribution in [3.63, 3.8) is 0 Å². The minimum atomic E-state index is -0.203. The molecule has 2 atom stereocenters. The minimum absolute atomic E-state index is 0.203. The molecule has 17 heavy (non-hydrogen) atoms. The predicted molar refractivity (Wildman–Crippen MR) is 65.4 cm³/mol. The van der Waals surface area contributed by atoms with Gasteiger partial charge in [-0.3, -0.25) is 4.90 Å². The van der Waals surface area contributed by atoms with E-state index >= 15 is 0 Å². The van der Waals surface area contributed by atoms with Crippen LogP contribution in [0.5, 0.6) is 0 Å². The summed E-state index contributed by atoms with van der Waals surface area (Å²) in [5.74, 6) is 1.42. The summed E-state index contributed by atoms with van der Waals surface area (Å²) in [5.41, 5.74) is 0. The Morgan fingerprint density at radius 3 is 3.06 bits per heavy atom. The van der Waals surface area contributed by atoms with Crippen LogP contribution in [0.1, 0.15) is 32.5 Å². The average molecular weight is 238 g/mol. The molecule has 0 amide bonds. The topological polar surface area (TPSA) is 54.2 Å². The third kappa shape index (κ3) is 3.04. The van der Waals surface area contributed by atoms with Crippen LogP contribution in [0.15, 0.2) is 6.33 Å². The number of β-amino-alcohol motifs (C(OH)–C–C–N with tert-alkyl or cyclic N) is 1. The van der Waals surface area contributed by atoms with E-state index in [1.54, 1.807) is 6.33 Å². The van der Waals surface area contributed by atoms with Gasteiger partial charge in [0.2, 0.25) is 0 Å². The third-order valence-electron chi connectivity index (χ3n) is 3.50. The molecule has 0 spiro atoms. The standard InChI is InChI=1S/C12H22N4O/c1-3-5-16-12(13-9-14-16)8-15-6-4-10(2)11(17)7-15/h9-11,17H,3-8H2,1-2H3. The smallest absolute Gasteiger partial charge is 0.141 e. The number of piperidine rings is 1. The van der Waals surface area contributed by atoms with Crippen molar-refractivity contribution in [1.82, 2.24) is 19.7 Å². The number of hydrogen-bond acceptors (Lipinski definition) is 4. The van der Waals surface area contributed by atoms with E-state index in [1.807, 2.05) is 4.68 Å². The van der Waals surface area contributed by atoms with Gasteiger partial charge in [-0.15, -0.1) is 0 Å². The normalized spacial score (nSPS) is 26.3. The van der Waals surface area contributed by atoms with Gasteiger partial charge < -0.3 is 5.11 Å². The first-order valence-electron chi connectivity index (χ1n) is 6.47. The molecule has 1 saturated heterocycles. The minimum Gasteiger partial charge on any atom is -0.392 e. The van der Waals surface area contributed by atoms with E-state index in [-0.39, 0.29) is 6.10 Å². The van der Waals surface area contributed by atoms with E-state index in [0.717, 1.165) is 44.8 Å². The second-order valence-corrected chi connectivity index (χ2v) is 4.97. The van der Waals surface area contributed by atoms with Gasteiger partial charge >= 0.3 is 0 Å². The quantitative estimate of drug-likeness (QED) is 0.846. The van der Waals surface area contributed by atoms with Gasteiger partial charge in [-0.25, -0.2) is 9.67 Å². The second-order valence-electron chi connectivity index (χ2n) is 4.97. The van der Waals surface area contributed by atoms with Crippen LogP contribution in [-0.4, -0.2) is 44.0 Å². The van der Waals surface area contributed by atoms with Gasteiger partial charge in [0.05, 0.1) is 12.6 Å².